The van der Waals surface area contributed by atoms with Crippen LogP contribution in [-0.2, 0) is 0 Å². The van der Waals surface area contributed by atoms with Crippen molar-refractivity contribution in [2.75, 3.05) is 5.32 Å². The number of halogens is 1. The summed E-state index contributed by atoms with van der Waals surface area (Å²) in [4.78, 5) is 26.6. The number of carbonyl (C=O) groups is 1. The quantitative estimate of drug-likeness (QED) is 0.754. The summed E-state index contributed by atoms with van der Waals surface area (Å²) >= 11 is 3.34. The average Bonchev–Trinajstić information content (AvgIpc) is 2.92. The Hall–Kier alpha value is -2.67. The zero-order valence-corrected chi connectivity index (χ0v) is 12.9. The molecular formula is C15H11BrN4O2. The summed E-state index contributed by atoms with van der Waals surface area (Å²) < 4.78 is 1.89. The Morgan fingerprint density at radius 3 is 2.50 bits per heavy atom. The molecule has 3 rings (SSSR count). The molecule has 7 heteroatoms. The molecule has 0 bridgehead atoms. The molecule has 110 valence electrons. The highest BCUT2D eigenvalue weighted by Gasteiger charge is 2.15. The van der Waals surface area contributed by atoms with Crippen molar-refractivity contribution in [1.82, 2.24) is 14.8 Å². The molecule has 0 fully saturated rings. The standard InChI is InChI=1S/C15H11BrN4O2/c16-11-8-4-5-9-12(11)17-14(21)13-18-15(22)20(19-13)10-6-2-1-3-7-10/h1-9H,(H,17,21)(H,18,19,22). The first-order chi connectivity index (χ1) is 10.6. The second-order valence-corrected chi connectivity index (χ2v) is 5.31. The van der Waals surface area contributed by atoms with Crippen LogP contribution in [0.2, 0.25) is 0 Å². The minimum Gasteiger partial charge on any atom is -0.318 e. The molecular weight excluding hydrogens is 348 g/mol. The van der Waals surface area contributed by atoms with E-state index in [1.54, 1.807) is 42.5 Å². The largest absolute Gasteiger partial charge is 0.348 e. The van der Waals surface area contributed by atoms with Crippen LogP contribution in [0, 0.1) is 0 Å². The van der Waals surface area contributed by atoms with Gasteiger partial charge in [-0.2, -0.15) is 4.68 Å². The topological polar surface area (TPSA) is 79.8 Å². The number of benzene rings is 2. The summed E-state index contributed by atoms with van der Waals surface area (Å²) in [5, 5.41) is 6.71. The molecule has 3 aromatic rings. The van der Waals surface area contributed by atoms with E-state index >= 15 is 0 Å². The van der Waals surface area contributed by atoms with Crippen LogP contribution in [-0.4, -0.2) is 20.7 Å². The van der Waals surface area contributed by atoms with Crippen molar-refractivity contribution in [2.24, 2.45) is 0 Å². The van der Waals surface area contributed by atoms with Crippen molar-refractivity contribution < 1.29 is 4.79 Å². The summed E-state index contributed by atoms with van der Waals surface area (Å²) in [6, 6.07) is 16.1. The number of carbonyl (C=O) groups excluding carboxylic acids is 1. The average molecular weight is 359 g/mol. The van der Waals surface area contributed by atoms with E-state index in [0.29, 0.717) is 11.4 Å². The van der Waals surface area contributed by atoms with Crippen LogP contribution >= 0.6 is 15.9 Å². The lowest BCUT2D eigenvalue weighted by molar-refractivity contribution is 0.101. The normalized spacial score (nSPS) is 10.4. The lowest BCUT2D eigenvalue weighted by atomic mass is 10.3. The van der Waals surface area contributed by atoms with Gasteiger partial charge in [0.15, 0.2) is 0 Å². The van der Waals surface area contributed by atoms with E-state index in [0.717, 1.165) is 9.15 Å². The molecule has 0 aliphatic carbocycles. The number of rotatable bonds is 3. The highest BCUT2D eigenvalue weighted by Crippen LogP contribution is 2.21. The van der Waals surface area contributed by atoms with Gasteiger partial charge in [-0.15, -0.1) is 5.10 Å². The highest BCUT2D eigenvalue weighted by atomic mass is 79.9. The lowest BCUT2D eigenvalue weighted by Gasteiger charge is -2.04. The molecule has 22 heavy (non-hydrogen) atoms. The van der Waals surface area contributed by atoms with Crippen LogP contribution in [0.5, 0.6) is 0 Å². The van der Waals surface area contributed by atoms with E-state index < -0.39 is 11.6 Å². The Labute approximate surface area is 133 Å². The van der Waals surface area contributed by atoms with Gasteiger partial charge in [-0.05, 0) is 40.2 Å². The number of anilines is 1. The second kappa shape index (κ2) is 5.98. The maximum Gasteiger partial charge on any atom is 0.348 e. The number of para-hydroxylation sites is 2. The molecule has 1 amide bonds. The van der Waals surface area contributed by atoms with Crippen LogP contribution in [0.3, 0.4) is 0 Å². The van der Waals surface area contributed by atoms with Gasteiger partial charge in [-0.1, -0.05) is 30.3 Å². The monoisotopic (exact) mass is 358 g/mol. The van der Waals surface area contributed by atoms with E-state index in [4.69, 9.17) is 0 Å². The molecule has 0 aliphatic rings. The number of nitrogens with zero attached hydrogens (tertiary/aromatic N) is 2. The molecule has 0 unspecified atom stereocenters. The van der Waals surface area contributed by atoms with Crippen LogP contribution in [0.4, 0.5) is 5.69 Å². The van der Waals surface area contributed by atoms with Crippen molar-refractivity contribution in [3.8, 4) is 5.69 Å². The molecule has 0 aliphatic heterocycles. The first-order valence-corrected chi connectivity index (χ1v) is 7.25. The fraction of sp³-hybridized carbons (Fsp3) is 0. The Balaban J connectivity index is 1.89. The third-order valence-electron chi connectivity index (χ3n) is 2.96. The predicted octanol–water partition coefficient (Wildman–Crippen LogP) is 2.58. The van der Waals surface area contributed by atoms with Crippen molar-refractivity contribution in [3.05, 3.63) is 75.4 Å². The fourth-order valence-electron chi connectivity index (χ4n) is 1.92. The Bertz CT molecular complexity index is 871. The minimum atomic E-state index is -0.487. The molecule has 2 N–H and O–H groups in total. The van der Waals surface area contributed by atoms with E-state index in [1.807, 2.05) is 12.1 Å². The van der Waals surface area contributed by atoms with Gasteiger partial charge in [0, 0.05) is 4.47 Å². The van der Waals surface area contributed by atoms with Crippen LogP contribution in [0.25, 0.3) is 5.69 Å². The van der Waals surface area contributed by atoms with Crippen molar-refractivity contribution in [1.29, 1.82) is 0 Å². The van der Waals surface area contributed by atoms with Crippen LogP contribution < -0.4 is 11.0 Å². The zero-order valence-electron chi connectivity index (χ0n) is 11.3. The molecule has 2 aromatic carbocycles. The van der Waals surface area contributed by atoms with Gasteiger partial charge in [0.25, 0.3) is 5.91 Å². The fourth-order valence-corrected chi connectivity index (χ4v) is 2.30. The Morgan fingerprint density at radius 1 is 1.09 bits per heavy atom. The molecule has 0 saturated carbocycles. The first-order valence-electron chi connectivity index (χ1n) is 6.46. The SMILES string of the molecule is O=C(Nc1ccccc1Br)c1nn(-c2ccccc2)c(=O)[nH]1. The Morgan fingerprint density at radius 2 is 1.77 bits per heavy atom. The first kappa shape index (κ1) is 14.3. The second-order valence-electron chi connectivity index (χ2n) is 4.46. The van der Waals surface area contributed by atoms with Gasteiger partial charge in [0.05, 0.1) is 11.4 Å². The molecule has 6 nitrogen and oxygen atoms in total. The number of H-pyrrole nitrogens is 1. The highest BCUT2D eigenvalue weighted by molar-refractivity contribution is 9.10. The summed E-state index contributed by atoms with van der Waals surface area (Å²) in [5.41, 5.74) is 0.717. The lowest BCUT2D eigenvalue weighted by Crippen LogP contribution is -2.15. The van der Waals surface area contributed by atoms with Gasteiger partial charge in [-0.3, -0.25) is 9.78 Å². The van der Waals surface area contributed by atoms with Gasteiger partial charge < -0.3 is 5.32 Å². The van der Waals surface area contributed by atoms with Crippen molar-refractivity contribution >= 4 is 27.5 Å². The minimum absolute atomic E-state index is 0.0513. The smallest absolute Gasteiger partial charge is 0.318 e. The number of hydrogen-bond acceptors (Lipinski definition) is 3. The van der Waals surface area contributed by atoms with Crippen LogP contribution in [0.1, 0.15) is 10.6 Å². The number of nitrogens with one attached hydrogen (secondary N) is 2. The van der Waals surface area contributed by atoms with E-state index in [9.17, 15) is 9.59 Å². The van der Waals surface area contributed by atoms with Gasteiger partial charge in [0.2, 0.25) is 5.82 Å². The van der Waals surface area contributed by atoms with E-state index in [2.05, 4.69) is 31.3 Å². The number of aromatic amines is 1. The van der Waals surface area contributed by atoms with Crippen molar-refractivity contribution in [2.45, 2.75) is 0 Å². The number of aromatic nitrogens is 3. The molecule has 1 heterocycles. The summed E-state index contributed by atoms with van der Waals surface area (Å²) in [6.45, 7) is 0. The van der Waals surface area contributed by atoms with Crippen molar-refractivity contribution in [3.63, 3.8) is 0 Å². The van der Waals surface area contributed by atoms with E-state index in [-0.39, 0.29) is 5.82 Å². The molecule has 0 saturated heterocycles. The molecule has 0 spiro atoms. The molecule has 1 aromatic heterocycles. The summed E-state index contributed by atoms with van der Waals surface area (Å²) in [6.07, 6.45) is 0. The predicted molar refractivity (Wildman–Crippen MR) is 86.3 cm³/mol. The number of hydrogen-bond donors (Lipinski definition) is 2. The number of amides is 1. The molecule has 0 radical (unpaired) electrons. The summed E-state index contributed by atoms with van der Waals surface area (Å²) in [5.74, 6) is -0.539. The zero-order chi connectivity index (χ0) is 15.5. The van der Waals surface area contributed by atoms with Crippen LogP contribution in [0.15, 0.2) is 63.9 Å². The maximum absolute atomic E-state index is 12.2. The third-order valence-corrected chi connectivity index (χ3v) is 3.65. The Kier molecular flexibility index (Phi) is 3.88. The third kappa shape index (κ3) is 2.84. The van der Waals surface area contributed by atoms with E-state index in [1.165, 1.54) is 0 Å². The van der Waals surface area contributed by atoms with Gasteiger partial charge >= 0.3 is 5.69 Å². The summed E-state index contributed by atoms with van der Waals surface area (Å²) in [7, 11) is 0. The molecule has 0 atom stereocenters. The maximum atomic E-state index is 12.2. The van der Waals surface area contributed by atoms with Gasteiger partial charge in [-0.25, -0.2) is 4.79 Å². The van der Waals surface area contributed by atoms with Gasteiger partial charge in [0.1, 0.15) is 0 Å².